The number of aromatic nitrogens is 1. The monoisotopic (exact) mass is 296 g/mol. The summed E-state index contributed by atoms with van der Waals surface area (Å²) in [5.74, 6) is -0.504. The minimum atomic E-state index is -0.323. The second-order valence-corrected chi connectivity index (χ2v) is 5.93. The number of carbonyl (C=O) groups excluding carboxylic acids is 2. The third kappa shape index (κ3) is 2.69. The van der Waals surface area contributed by atoms with Crippen LogP contribution in [-0.4, -0.2) is 36.4 Å². The van der Waals surface area contributed by atoms with Gasteiger partial charge in [0.25, 0.3) is 0 Å². The minimum absolute atomic E-state index is 0.185. The number of hydrogen-bond acceptors (Lipinski definition) is 6. The van der Waals surface area contributed by atoms with E-state index in [4.69, 9.17) is 0 Å². The van der Waals surface area contributed by atoms with Gasteiger partial charge in [-0.3, -0.25) is 14.9 Å². The van der Waals surface area contributed by atoms with Crippen LogP contribution in [-0.2, 0) is 9.59 Å². The van der Waals surface area contributed by atoms with Gasteiger partial charge < -0.3 is 10.2 Å². The summed E-state index contributed by atoms with van der Waals surface area (Å²) in [4.78, 5) is 31.0. The molecule has 110 valence electrons. The SMILES string of the molecule is CCC1C(=O)NC(=O)CN1c1nc(C)c(C(C)NC)s1. The third-order valence-electron chi connectivity index (χ3n) is 3.54. The molecule has 0 spiro atoms. The average Bonchev–Trinajstić information content (AvgIpc) is 2.79. The van der Waals surface area contributed by atoms with E-state index in [0.717, 1.165) is 15.7 Å². The first-order chi connectivity index (χ1) is 9.47. The van der Waals surface area contributed by atoms with Crippen molar-refractivity contribution in [2.24, 2.45) is 0 Å². The van der Waals surface area contributed by atoms with E-state index in [-0.39, 0.29) is 30.4 Å². The zero-order chi connectivity index (χ0) is 14.9. The number of hydrogen-bond donors (Lipinski definition) is 2. The second kappa shape index (κ2) is 5.88. The first-order valence-electron chi connectivity index (χ1n) is 6.72. The highest BCUT2D eigenvalue weighted by atomic mass is 32.1. The normalized spacial score (nSPS) is 21.0. The molecule has 0 aromatic carbocycles. The van der Waals surface area contributed by atoms with Crippen LogP contribution in [0.2, 0.25) is 0 Å². The lowest BCUT2D eigenvalue weighted by atomic mass is 10.1. The number of amides is 2. The van der Waals surface area contributed by atoms with Crippen LogP contribution >= 0.6 is 11.3 Å². The largest absolute Gasteiger partial charge is 0.327 e. The molecule has 1 saturated heterocycles. The molecular weight excluding hydrogens is 276 g/mol. The summed E-state index contributed by atoms with van der Waals surface area (Å²) < 4.78 is 0. The van der Waals surface area contributed by atoms with Gasteiger partial charge in [-0.15, -0.1) is 0 Å². The number of nitrogens with one attached hydrogen (secondary N) is 2. The number of piperazine rings is 1. The van der Waals surface area contributed by atoms with Crippen molar-refractivity contribution >= 4 is 28.3 Å². The lowest BCUT2D eigenvalue weighted by Gasteiger charge is -2.33. The van der Waals surface area contributed by atoms with Gasteiger partial charge in [0.2, 0.25) is 11.8 Å². The Morgan fingerprint density at radius 2 is 2.25 bits per heavy atom. The zero-order valence-electron chi connectivity index (χ0n) is 12.2. The Balaban J connectivity index is 2.33. The number of aryl methyl sites for hydroxylation is 1. The maximum atomic E-state index is 11.9. The zero-order valence-corrected chi connectivity index (χ0v) is 13.0. The summed E-state index contributed by atoms with van der Waals surface area (Å²) in [6.07, 6.45) is 0.647. The molecule has 0 saturated carbocycles. The van der Waals surface area contributed by atoms with Gasteiger partial charge in [0.1, 0.15) is 12.6 Å². The van der Waals surface area contributed by atoms with Crippen molar-refractivity contribution < 1.29 is 9.59 Å². The highest BCUT2D eigenvalue weighted by molar-refractivity contribution is 7.15. The third-order valence-corrected chi connectivity index (χ3v) is 4.91. The fraction of sp³-hybridized carbons (Fsp3) is 0.615. The van der Waals surface area contributed by atoms with Crippen molar-refractivity contribution in [1.29, 1.82) is 0 Å². The van der Waals surface area contributed by atoms with E-state index in [9.17, 15) is 9.59 Å². The highest BCUT2D eigenvalue weighted by Gasteiger charge is 2.34. The van der Waals surface area contributed by atoms with Crippen molar-refractivity contribution in [2.45, 2.75) is 39.3 Å². The summed E-state index contributed by atoms with van der Waals surface area (Å²) >= 11 is 1.54. The molecule has 0 aliphatic carbocycles. The van der Waals surface area contributed by atoms with E-state index in [1.165, 1.54) is 0 Å². The molecule has 2 N–H and O–H groups in total. The Labute approximate surface area is 122 Å². The summed E-state index contributed by atoms with van der Waals surface area (Å²) in [5, 5.41) is 6.31. The van der Waals surface area contributed by atoms with E-state index in [0.29, 0.717) is 6.42 Å². The molecule has 1 aromatic rings. The van der Waals surface area contributed by atoms with Gasteiger partial charge in [0.15, 0.2) is 5.13 Å². The van der Waals surface area contributed by atoms with Crippen molar-refractivity contribution in [3.63, 3.8) is 0 Å². The fourth-order valence-electron chi connectivity index (χ4n) is 2.32. The molecule has 1 aromatic heterocycles. The van der Waals surface area contributed by atoms with Gasteiger partial charge in [0, 0.05) is 10.9 Å². The maximum absolute atomic E-state index is 11.9. The average molecular weight is 296 g/mol. The first kappa shape index (κ1) is 14.9. The molecule has 7 heteroatoms. The summed E-state index contributed by atoms with van der Waals surface area (Å²) in [7, 11) is 1.90. The Morgan fingerprint density at radius 3 is 2.85 bits per heavy atom. The molecule has 1 fully saturated rings. The number of nitrogens with zero attached hydrogens (tertiary/aromatic N) is 2. The fourth-order valence-corrected chi connectivity index (χ4v) is 3.50. The van der Waals surface area contributed by atoms with E-state index in [1.807, 2.05) is 25.8 Å². The van der Waals surface area contributed by atoms with Crippen LogP contribution in [0.1, 0.15) is 36.9 Å². The molecule has 0 radical (unpaired) electrons. The quantitative estimate of drug-likeness (QED) is 0.810. The van der Waals surface area contributed by atoms with E-state index in [1.54, 1.807) is 11.3 Å². The molecule has 2 rings (SSSR count). The van der Waals surface area contributed by atoms with Gasteiger partial charge in [-0.1, -0.05) is 18.3 Å². The van der Waals surface area contributed by atoms with Gasteiger partial charge in [0.05, 0.1) is 5.69 Å². The summed E-state index contributed by atoms with van der Waals surface area (Å²) in [5.41, 5.74) is 0.945. The predicted molar refractivity (Wildman–Crippen MR) is 78.9 cm³/mol. The lowest BCUT2D eigenvalue weighted by Crippen LogP contribution is -2.58. The second-order valence-electron chi connectivity index (χ2n) is 4.92. The predicted octanol–water partition coefficient (Wildman–Crippen LogP) is 0.973. The Bertz CT molecular complexity index is 528. The van der Waals surface area contributed by atoms with Crippen LogP contribution in [0.15, 0.2) is 0 Å². The molecule has 6 nitrogen and oxygen atoms in total. The minimum Gasteiger partial charge on any atom is -0.327 e. The number of imide groups is 1. The van der Waals surface area contributed by atoms with Crippen molar-refractivity contribution in [1.82, 2.24) is 15.6 Å². The summed E-state index contributed by atoms with van der Waals surface area (Å²) in [6.45, 7) is 6.14. The highest BCUT2D eigenvalue weighted by Crippen LogP contribution is 2.32. The van der Waals surface area contributed by atoms with Gasteiger partial charge in [-0.2, -0.15) is 0 Å². The molecule has 20 heavy (non-hydrogen) atoms. The van der Waals surface area contributed by atoms with Crippen LogP contribution < -0.4 is 15.5 Å². The van der Waals surface area contributed by atoms with Gasteiger partial charge in [-0.25, -0.2) is 4.98 Å². The van der Waals surface area contributed by atoms with E-state index < -0.39 is 0 Å². The molecule has 2 unspecified atom stereocenters. The van der Waals surface area contributed by atoms with Crippen LogP contribution in [0.25, 0.3) is 0 Å². The van der Waals surface area contributed by atoms with Gasteiger partial charge >= 0.3 is 0 Å². The lowest BCUT2D eigenvalue weighted by molar-refractivity contribution is -0.132. The first-order valence-corrected chi connectivity index (χ1v) is 7.54. The van der Waals surface area contributed by atoms with Crippen LogP contribution in [0.5, 0.6) is 0 Å². The molecule has 2 heterocycles. The number of anilines is 1. The molecular formula is C13H20N4O2S. The molecule has 2 amide bonds. The Hall–Kier alpha value is -1.47. The molecule has 1 aliphatic rings. The smallest absolute Gasteiger partial charge is 0.249 e. The molecule has 2 atom stereocenters. The Morgan fingerprint density at radius 1 is 1.55 bits per heavy atom. The van der Waals surface area contributed by atoms with Gasteiger partial charge in [-0.05, 0) is 27.3 Å². The maximum Gasteiger partial charge on any atom is 0.249 e. The van der Waals surface area contributed by atoms with Crippen LogP contribution in [0, 0.1) is 6.92 Å². The van der Waals surface area contributed by atoms with Crippen LogP contribution in [0.3, 0.4) is 0 Å². The van der Waals surface area contributed by atoms with Crippen molar-refractivity contribution in [3.8, 4) is 0 Å². The number of rotatable bonds is 4. The molecule has 0 bridgehead atoms. The topological polar surface area (TPSA) is 74.3 Å². The number of thiazole rings is 1. The Kier molecular flexibility index (Phi) is 4.39. The number of carbonyl (C=O) groups is 2. The standard InChI is InChI=1S/C13H20N4O2S/c1-5-9-12(19)16-10(18)6-17(9)13-15-8(3)11(20-13)7(2)14-4/h7,9,14H,5-6H2,1-4H3,(H,16,18,19). The van der Waals surface area contributed by atoms with Crippen molar-refractivity contribution in [2.75, 3.05) is 18.5 Å². The molecule has 1 aliphatic heterocycles. The van der Waals surface area contributed by atoms with Crippen molar-refractivity contribution in [3.05, 3.63) is 10.6 Å². The van der Waals surface area contributed by atoms with Crippen LogP contribution in [0.4, 0.5) is 5.13 Å². The summed E-state index contributed by atoms with van der Waals surface area (Å²) in [6, 6.07) is -0.119. The van der Waals surface area contributed by atoms with E-state index in [2.05, 4.69) is 22.5 Å². The van der Waals surface area contributed by atoms with E-state index >= 15 is 0 Å².